The Kier molecular flexibility index (Phi) is 6.95. The van der Waals surface area contributed by atoms with Crippen molar-refractivity contribution in [3.8, 4) is 0 Å². The molecule has 2 unspecified atom stereocenters. The summed E-state index contributed by atoms with van der Waals surface area (Å²) in [5.41, 5.74) is 8.16. The molecule has 1 rings (SSSR count). The van der Waals surface area contributed by atoms with Crippen molar-refractivity contribution in [1.29, 1.82) is 0 Å². The molecule has 0 saturated heterocycles. The molecule has 0 aliphatic carbocycles. The summed E-state index contributed by atoms with van der Waals surface area (Å²) in [5.74, 6) is 0.398. The minimum absolute atomic E-state index is 0.307. The van der Waals surface area contributed by atoms with Crippen LogP contribution >= 0.6 is 0 Å². The largest absolute Gasteiger partial charge is 0.373 e. The van der Waals surface area contributed by atoms with Crippen molar-refractivity contribution >= 4 is 0 Å². The second-order valence-electron chi connectivity index (χ2n) is 5.91. The van der Waals surface area contributed by atoms with Gasteiger partial charge in [-0.1, -0.05) is 43.4 Å². The molecule has 22 heavy (non-hydrogen) atoms. The Morgan fingerprint density at radius 1 is 1.36 bits per heavy atom. The number of allylic oxidation sites excluding steroid dienone is 7. The molecule has 0 amide bonds. The SMILES string of the molecule is C=C=CC(C1=CC=CN(C)C1C(C)C(/C=C\C)=C/C)=C(C)C. The smallest absolute Gasteiger partial charge is 0.0605 e. The van der Waals surface area contributed by atoms with Gasteiger partial charge in [0.2, 0.25) is 0 Å². The van der Waals surface area contributed by atoms with Crippen LogP contribution in [0.5, 0.6) is 0 Å². The van der Waals surface area contributed by atoms with E-state index in [0.717, 1.165) is 0 Å². The highest BCUT2D eigenvalue weighted by atomic mass is 15.1. The Morgan fingerprint density at radius 2 is 2.05 bits per heavy atom. The fourth-order valence-electron chi connectivity index (χ4n) is 3.07. The zero-order chi connectivity index (χ0) is 16.7. The topological polar surface area (TPSA) is 3.24 Å². The first-order chi connectivity index (χ1) is 10.5. The molecule has 0 aromatic carbocycles. The maximum atomic E-state index is 3.75. The highest BCUT2D eigenvalue weighted by molar-refractivity contribution is 5.49. The van der Waals surface area contributed by atoms with Crippen LogP contribution in [0, 0.1) is 5.92 Å². The molecule has 1 aliphatic heterocycles. The van der Waals surface area contributed by atoms with E-state index in [1.807, 2.05) is 6.08 Å². The van der Waals surface area contributed by atoms with Crippen molar-refractivity contribution in [1.82, 2.24) is 4.90 Å². The van der Waals surface area contributed by atoms with Gasteiger partial charge in [0.1, 0.15) is 0 Å². The van der Waals surface area contributed by atoms with Crippen LogP contribution < -0.4 is 0 Å². The van der Waals surface area contributed by atoms with E-state index in [0.29, 0.717) is 12.0 Å². The molecule has 0 fully saturated rings. The Labute approximate surface area is 136 Å². The van der Waals surface area contributed by atoms with Crippen molar-refractivity contribution in [3.05, 3.63) is 77.3 Å². The van der Waals surface area contributed by atoms with Gasteiger partial charge >= 0.3 is 0 Å². The van der Waals surface area contributed by atoms with Gasteiger partial charge in [0, 0.05) is 13.0 Å². The Morgan fingerprint density at radius 3 is 2.55 bits per heavy atom. The molecule has 2 atom stereocenters. The van der Waals surface area contributed by atoms with E-state index >= 15 is 0 Å². The van der Waals surface area contributed by atoms with E-state index < -0.39 is 0 Å². The van der Waals surface area contributed by atoms with Crippen molar-refractivity contribution in [2.45, 2.75) is 40.7 Å². The average molecular weight is 295 g/mol. The van der Waals surface area contributed by atoms with E-state index in [9.17, 15) is 0 Å². The predicted octanol–water partition coefficient (Wildman–Crippen LogP) is 5.58. The van der Waals surface area contributed by atoms with Crippen LogP contribution in [0.2, 0.25) is 0 Å². The zero-order valence-electron chi connectivity index (χ0n) is 14.9. The summed E-state index contributed by atoms with van der Waals surface area (Å²) < 4.78 is 0. The third-order valence-corrected chi connectivity index (χ3v) is 4.14. The summed E-state index contributed by atoms with van der Waals surface area (Å²) in [6.07, 6.45) is 15.0. The third-order valence-electron chi connectivity index (χ3n) is 4.14. The average Bonchev–Trinajstić information content (AvgIpc) is 2.49. The molecule has 0 N–H and O–H groups in total. The van der Waals surface area contributed by atoms with Crippen LogP contribution in [0.1, 0.15) is 34.6 Å². The van der Waals surface area contributed by atoms with Crippen LogP contribution in [-0.4, -0.2) is 18.0 Å². The van der Waals surface area contributed by atoms with E-state index in [4.69, 9.17) is 0 Å². The van der Waals surface area contributed by atoms with Gasteiger partial charge in [-0.25, -0.2) is 0 Å². The van der Waals surface area contributed by atoms with Crippen LogP contribution in [-0.2, 0) is 0 Å². The monoisotopic (exact) mass is 295 g/mol. The normalized spacial score (nSPS) is 19.7. The van der Waals surface area contributed by atoms with E-state index in [2.05, 4.69) is 95.5 Å². The highest BCUT2D eigenvalue weighted by Gasteiger charge is 2.28. The number of hydrogen-bond acceptors (Lipinski definition) is 1. The van der Waals surface area contributed by atoms with Gasteiger partial charge in [0.15, 0.2) is 0 Å². The second-order valence-corrected chi connectivity index (χ2v) is 5.91. The molecular formula is C21H29N. The molecule has 0 spiro atoms. The fourth-order valence-corrected chi connectivity index (χ4v) is 3.07. The molecule has 1 aliphatic rings. The van der Waals surface area contributed by atoms with Crippen molar-refractivity contribution < 1.29 is 0 Å². The lowest BCUT2D eigenvalue weighted by Gasteiger charge is -2.37. The van der Waals surface area contributed by atoms with E-state index in [1.165, 1.54) is 22.3 Å². The summed E-state index contributed by atoms with van der Waals surface area (Å²) in [6.45, 7) is 14.5. The van der Waals surface area contributed by atoms with E-state index in [-0.39, 0.29) is 0 Å². The lowest BCUT2D eigenvalue weighted by Crippen LogP contribution is -2.37. The molecule has 1 heterocycles. The maximum Gasteiger partial charge on any atom is 0.0605 e. The molecule has 1 heteroatoms. The summed E-state index contributed by atoms with van der Waals surface area (Å²) in [7, 11) is 2.15. The summed E-state index contributed by atoms with van der Waals surface area (Å²) in [4.78, 5) is 2.30. The first-order valence-electron chi connectivity index (χ1n) is 7.90. The van der Waals surface area contributed by atoms with Gasteiger partial charge in [-0.15, -0.1) is 5.73 Å². The standard InChI is InChI=1S/C21H29N/c1-8-12-18(10-3)17(6)21-20(14-11-15-22(21)7)19(13-9-2)16(4)5/h8,10-15,17,21H,2H2,1,3-7H3/b12-8-,18-10+. The Hall–Kier alpha value is -1.98. The van der Waals surface area contributed by atoms with Gasteiger partial charge in [-0.3, -0.25) is 0 Å². The number of nitrogens with zero attached hydrogens (tertiary/aromatic N) is 1. The lowest BCUT2D eigenvalue weighted by molar-refractivity contribution is 0.308. The van der Waals surface area contributed by atoms with E-state index in [1.54, 1.807) is 0 Å². The molecule has 0 aromatic rings. The Balaban J connectivity index is 3.36. The first-order valence-corrected chi connectivity index (χ1v) is 7.90. The second kappa shape index (κ2) is 8.46. The maximum absolute atomic E-state index is 3.75. The van der Waals surface area contributed by atoms with Gasteiger partial charge in [-0.2, -0.15) is 0 Å². The predicted molar refractivity (Wildman–Crippen MR) is 98.6 cm³/mol. The third kappa shape index (κ3) is 4.02. The molecule has 118 valence electrons. The van der Waals surface area contributed by atoms with Gasteiger partial charge in [0.05, 0.1) is 6.04 Å². The number of likely N-dealkylation sites (N-methyl/N-ethyl adjacent to an activating group) is 1. The molecule has 0 radical (unpaired) electrons. The molecule has 1 nitrogen and oxygen atoms in total. The molecule has 0 bridgehead atoms. The van der Waals surface area contributed by atoms with Crippen LogP contribution in [0.15, 0.2) is 77.3 Å². The van der Waals surface area contributed by atoms with Crippen molar-refractivity contribution in [2.75, 3.05) is 7.05 Å². The van der Waals surface area contributed by atoms with Crippen molar-refractivity contribution in [2.24, 2.45) is 5.92 Å². The van der Waals surface area contributed by atoms with Crippen molar-refractivity contribution in [3.63, 3.8) is 0 Å². The fraction of sp³-hybridized carbons (Fsp3) is 0.381. The number of rotatable bonds is 5. The summed E-state index contributed by atoms with van der Waals surface area (Å²) >= 11 is 0. The Bertz CT molecular complexity index is 585. The zero-order valence-corrected chi connectivity index (χ0v) is 14.9. The highest BCUT2D eigenvalue weighted by Crippen LogP contribution is 2.33. The van der Waals surface area contributed by atoms with Crippen LogP contribution in [0.25, 0.3) is 0 Å². The summed E-state index contributed by atoms with van der Waals surface area (Å²) in [6, 6.07) is 0.307. The number of hydrogen-bond donors (Lipinski definition) is 0. The molecular weight excluding hydrogens is 266 g/mol. The summed E-state index contributed by atoms with van der Waals surface area (Å²) in [5, 5.41) is 0. The quantitative estimate of drug-likeness (QED) is 0.473. The van der Waals surface area contributed by atoms with Crippen LogP contribution in [0.3, 0.4) is 0 Å². The lowest BCUT2D eigenvalue weighted by atomic mass is 9.81. The minimum Gasteiger partial charge on any atom is -0.373 e. The first kappa shape index (κ1) is 18.1. The van der Waals surface area contributed by atoms with Gasteiger partial charge < -0.3 is 4.90 Å². The van der Waals surface area contributed by atoms with Crippen LogP contribution in [0.4, 0.5) is 0 Å². The minimum atomic E-state index is 0.307. The van der Waals surface area contributed by atoms with Gasteiger partial charge in [0.25, 0.3) is 0 Å². The van der Waals surface area contributed by atoms with Gasteiger partial charge in [-0.05, 0) is 62.8 Å². The molecule has 0 saturated carbocycles. The molecule has 0 aromatic heterocycles.